The number of aryl methyl sites for hydroxylation is 1. The molecule has 0 aromatic heterocycles. The van der Waals surface area contributed by atoms with Crippen LogP contribution >= 0.6 is 0 Å². The molecule has 0 saturated carbocycles. The van der Waals surface area contributed by atoms with Gasteiger partial charge in [0.05, 0.1) is 11.3 Å². The van der Waals surface area contributed by atoms with Gasteiger partial charge in [0, 0.05) is 23.4 Å². The lowest BCUT2D eigenvalue weighted by Crippen LogP contribution is -2.33. The van der Waals surface area contributed by atoms with E-state index in [9.17, 15) is 14.9 Å². The molecular weight excluding hydrogens is 236 g/mol. The Labute approximate surface area is 105 Å². The number of nitro benzene ring substituents is 1. The number of hydrogen-bond acceptors (Lipinski definition) is 4. The van der Waals surface area contributed by atoms with Crippen LogP contribution in [0, 0.1) is 17.0 Å². The van der Waals surface area contributed by atoms with Crippen LogP contribution in [-0.2, 0) is 4.79 Å². The van der Waals surface area contributed by atoms with E-state index in [2.05, 4.69) is 5.32 Å². The van der Waals surface area contributed by atoms with Crippen LogP contribution in [0.4, 0.5) is 11.4 Å². The SMILES string of the molecule is Cc1ccc([N+](=O)[O-])cc1NC(C)(C)CC(=O)O. The van der Waals surface area contributed by atoms with Crippen molar-refractivity contribution in [2.75, 3.05) is 5.32 Å². The van der Waals surface area contributed by atoms with E-state index < -0.39 is 16.4 Å². The maximum Gasteiger partial charge on any atom is 0.305 e. The highest BCUT2D eigenvalue weighted by atomic mass is 16.6. The molecular formula is C12H16N2O4. The molecule has 0 fully saturated rings. The Kier molecular flexibility index (Phi) is 3.90. The molecule has 0 aliphatic rings. The first kappa shape index (κ1) is 14.0. The second-order valence-electron chi connectivity index (χ2n) is 4.84. The summed E-state index contributed by atoms with van der Waals surface area (Å²) in [5.74, 6) is -0.921. The second kappa shape index (κ2) is 5.03. The summed E-state index contributed by atoms with van der Waals surface area (Å²) in [5, 5.41) is 22.5. The van der Waals surface area contributed by atoms with E-state index in [1.54, 1.807) is 19.9 Å². The number of benzene rings is 1. The Bertz CT molecular complexity index is 483. The van der Waals surface area contributed by atoms with E-state index in [4.69, 9.17) is 5.11 Å². The quantitative estimate of drug-likeness (QED) is 0.620. The Morgan fingerprint density at radius 1 is 1.50 bits per heavy atom. The molecule has 0 radical (unpaired) electrons. The fraction of sp³-hybridized carbons (Fsp3) is 0.417. The number of carboxylic acid groups (broad SMARTS) is 1. The molecule has 0 heterocycles. The van der Waals surface area contributed by atoms with Gasteiger partial charge in [0.2, 0.25) is 0 Å². The van der Waals surface area contributed by atoms with Crippen LogP contribution < -0.4 is 5.32 Å². The molecule has 6 heteroatoms. The molecule has 0 amide bonds. The zero-order chi connectivity index (χ0) is 13.9. The standard InChI is InChI=1S/C12H16N2O4/c1-8-4-5-9(14(17)18)6-10(8)13-12(2,3)7-11(15)16/h4-6,13H,7H2,1-3H3,(H,15,16). The van der Waals surface area contributed by atoms with Gasteiger partial charge in [-0.1, -0.05) is 6.07 Å². The summed E-state index contributed by atoms with van der Waals surface area (Å²) in [5.41, 5.74) is 0.718. The number of rotatable bonds is 5. The second-order valence-corrected chi connectivity index (χ2v) is 4.84. The van der Waals surface area contributed by atoms with Crippen LogP contribution in [0.3, 0.4) is 0 Å². The Morgan fingerprint density at radius 2 is 2.11 bits per heavy atom. The molecule has 1 aromatic carbocycles. The van der Waals surface area contributed by atoms with Gasteiger partial charge in [0.15, 0.2) is 0 Å². The number of carbonyl (C=O) groups is 1. The molecule has 0 unspecified atom stereocenters. The van der Waals surface area contributed by atoms with Crippen molar-refractivity contribution in [2.45, 2.75) is 32.7 Å². The molecule has 18 heavy (non-hydrogen) atoms. The van der Waals surface area contributed by atoms with Gasteiger partial charge < -0.3 is 10.4 Å². The van der Waals surface area contributed by atoms with Crippen LogP contribution in [0.5, 0.6) is 0 Å². The molecule has 1 rings (SSSR count). The molecule has 2 N–H and O–H groups in total. The summed E-state index contributed by atoms with van der Waals surface area (Å²) in [7, 11) is 0. The predicted molar refractivity (Wildman–Crippen MR) is 67.8 cm³/mol. The molecule has 0 aliphatic carbocycles. The van der Waals surface area contributed by atoms with Gasteiger partial charge >= 0.3 is 5.97 Å². The summed E-state index contributed by atoms with van der Waals surface area (Å²) in [6, 6.07) is 4.47. The van der Waals surface area contributed by atoms with Gasteiger partial charge in [0.25, 0.3) is 5.69 Å². The summed E-state index contributed by atoms with van der Waals surface area (Å²) in [6.07, 6.45) is -0.0743. The number of nitrogens with one attached hydrogen (secondary N) is 1. The topological polar surface area (TPSA) is 92.5 Å². The molecule has 0 spiro atoms. The molecule has 6 nitrogen and oxygen atoms in total. The first-order chi connectivity index (χ1) is 8.21. The average molecular weight is 252 g/mol. The lowest BCUT2D eigenvalue weighted by molar-refractivity contribution is -0.384. The third kappa shape index (κ3) is 3.73. The van der Waals surface area contributed by atoms with Crippen molar-refractivity contribution in [2.24, 2.45) is 0 Å². The lowest BCUT2D eigenvalue weighted by Gasteiger charge is -2.26. The molecule has 0 aliphatic heterocycles. The highest BCUT2D eigenvalue weighted by molar-refractivity contribution is 5.69. The van der Waals surface area contributed by atoms with Crippen molar-refractivity contribution in [3.05, 3.63) is 33.9 Å². The van der Waals surface area contributed by atoms with Crippen molar-refractivity contribution in [1.29, 1.82) is 0 Å². The average Bonchev–Trinajstić information content (AvgIpc) is 2.18. The highest BCUT2D eigenvalue weighted by Gasteiger charge is 2.22. The van der Waals surface area contributed by atoms with E-state index in [0.717, 1.165) is 5.56 Å². The monoisotopic (exact) mass is 252 g/mol. The van der Waals surface area contributed by atoms with E-state index in [-0.39, 0.29) is 12.1 Å². The van der Waals surface area contributed by atoms with Crippen molar-refractivity contribution < 1.29 is 14.8 Å². The first-order valence-corrected chi connectivity index (χ1v) is 5.46. The minimum absolute atomic E-state index is 0.0192. The van der Waals surface area contributed by atoms with E-state index in [1.165, 1.54) is 12.1 Å². The van der Waals surface area contributed by atoms with Gasteiger partial charge in [-0.05, 0) is 26.3 Å². The van der Waals surface area contributed by atoms with Crippen LogP contribution in [0.15, 0.2) is 18.2 Å². The minimum atomic E-state index is -0.921. The largest absolute Gasteiger partial charge is 0.481 e. The zero-order valence-corrected chi connectivity index (χ0v) is 10.6. The first-order valence-electron chi connectivity index (χ1n) is 5.46. The van der Waals surface area contributed by atoms with Crippen molar-refractivity contribution in [3.8, 4) is 0 Å². The fourth-order valence-corrected chi connectivity index (χ4v) is 1.65. The number of aliphatic carboxylic acids is 1. The van der Waals surface area contributed by atoms with Gasteiger partial charge in [-0.15, -0.1) is 0 Å². The summed E-state index contributed by atoms with van der Waals surface area (Å²) >= 11 is 0. The van der Waals surface area contributed by atoms with Crippen LogP contribution in [0.2, 0.25) is 0 Å². The molecule has 98 valence electrons. The summed E-state index contributed by atoms with van der Waals surface area (Å²) < 4.78 is 0. The zero-order valence-electron chi connectivity index (χ0n) is 10.6. The molecule has 0 saturated heterocycles. The minimum Gasteiger partial charge on any atom is -0.481 e. The number of non-ortho nitro benzene ring substituents is 1. The molecule has 0 atom stereocenters. The van der Waals surface area contributed by atoms with E-state index in [1.807, 2.05) is 6.92 Å². The van der Waals surface area contributed by atoms with Crippen molar-refractivity contribution in [1.82, 2.24) is 0 Å². The summed E-state index contributed by atoms with van der Waals surface area (Å²) in [4.78, 5) is 20.9. The van der Waals surface area contributed by atoms with Crippen molar-refractivity contribution >= 4 is 17.3 Å². The number of hydrogen-bond donors (Lipinski definition) is 2. The normalized spacial score (nSPS) is 11.1. The van der Waals surface area contributed by atoms with E-state index >= 15 is 0 Å². The van der Waals surface area contributed by atoms with Gasteiger partial charge in [-0.2, -0.15) is 0 Å². The van der Waals surface area contributed by atoms with Gasteiger partial charge in [-0.25, -0.2) is 0 Å². The third-order valence-corrected chi connectivity index (χ3v) is 2.50. The number of nitro groups is 1. The van der Waals surface area contributed by atoms with Gasteiger partial charge in [0.1, 0.15) is 0 Å². The molecule has 0 bridgehead atoms. The van der Waals surface area contributed by atoms with Crippen molar-refractivity contribution in [3.63, 3.8) is 0 Å². The van der Waals surface area contributed by atoms with Gasteiger partial charge in [-0.3, -0.25) is 14.9 Å². The van der Waals surface area contributed by atoms with Crippen LogP contribution in [-0.4, -0.2) is 21.5 Å². The fourth-order valence-electron chi connectivity index (χ4n) is 1.65. The predicted octanol–water partition coefficient (Wildman–Crippen LogP) is 2.57. The third-order valence-electron chi connectivity index (χ3n) is 2.50. The van der Waals surface area contributed by atoms with Crippen LogP contribution in [0.1, 0.15) is 25.8 Å². The Hall–Kier alpha value is -2.11. The Morgan fingerprint density at radius 3 is 2.61 bits per heavy atom. The number of anilines is 1. The highest BCUT2D eigenvalue weighted by Crippen LogP contribution is 2.26. The van der Waals surface area contributed by atoms with E-state index in [0.29, 0.717) is 5.69 Å². The summed E-state index contributed by atoms with van der Waals surface area (Å²) in [6.45, 7) is 5.28. The Balaban J connectivity index is 2.99. The lowest BCUT2D eigenvalue weighted by atomic mass is 9.99. The molecule has 1 aromatic rings. The number of carboxylic acids is 1. The maximum absolute atomic E-state index is 10.7. The number of nitrogens with zero attached hydrogens (tertiary/aromatic N) is 1. The smallest absolute Gasteiger partial charge is 0.305 e. The van der Waals surface area contributed by atoms with Crippen LogP contribution in [0.25, 0.3) is 0 Å². The maximum atomic E-state index is 10.7.